The molecule has 1 aromatic carbocycles. The highest BCUT2D eigenvalue weighted by Crippen LogP contribution is 2.34. The molecule has 0 atom stereocenters. The molecular formula is C11H11Cl2NO2. The first-order chi connectivity index (χ1) is 7.43. The summed E-state index contributed by atoms with van der Waals surface area (Å²) in [4.78, 5) is 12.2. The van der Waals surface area contributed by atoms with Crippen molar-refractivity contribution in [3.05, 3.63) is 33.8 Å². The predicted molar refractivity (Wildman–Crippen MR) is 67.5 cm³/mol. The number of anilines is 1. The summed E-state index contributed by atoms with van der Waals surface area (Å²) in [5.74, 6) is -1.02. The molecule has 0 fully saturated rings. The normalized spacial score (nSPS) is 10.8. The summed E-state index contributed by atoms with van der Waals surface area (Å²) in [5.41, 5.74) is 1.37. The van der Waals surface area contributed by atoms with Crippen molar-refractivity contribution in [1.29, 1.82) is 0 Å². The van der Waals surface area contributed by atoms with Crippen LogP contribution in [0, 0.1) is 0 Å². The molecule has 16 heavy (non-hydrogen) atoms. The van der Waals surface area contributed by atoms with E-state index in [2.05, 4.69) is 0 Å². The van der Waals surface area contributed by atoms with E-state index < -0.39 is 5.97 Å². The number of hydrogen-bond donors (Lipinski definition) is 1. The number of carbonyl (C=O) groups is 1. The van der Waals surface area contributed by atoms with Gasteiger partial charge in [-0.1, -0.05) is 29.3 Å². The molecule has 0 aliphatic carbocycles. The Bertz CT molecular complexity index is 442. The first kappa shape index (κ1) is 12.9. The number of nitrogens with zero attached hydrogens (tertiary/aromatic N) is 1. The quantitative estimate of drug-likeness (QED) is 0.848. The molecule has 1 aromatic rings. The summed E-state index contributed by atoms with van der Waals surface area (Å²) < 4.78 is 0. The van der Waals surface area contributed by atoms with Crippen LogP contribution in [0.5, 0.6) is 0 Å². The summed E-state index contributed by atoms with van der Waals surface area (Å²) in [7, 11) is 3.70. The van der Waals surface area contributed by atoms with Crippen molar-refractivity contribution in [2.75, 3.05) is 19.0 Å². The molecule has 86 valence electrons. The number of carboxylic acids is 1. The lowest BCUT2D eigenvalue weighted by atomic mass is 10.2. The Kier molecular flexibility index (Phi) is 4.21. The minimum atomic E-state index is -1.02. The maximum atomic E-state index is 10.4. The molecule has 1 rings (SSSR count). The highest BCUT2D eigenvalue weighted by atomic mass is 35.5. The molecular weight excluding hydrogens is 249 g/mol. The second-order valence-electron chi connectivity index (χ2n) is 3.37. The molecule has 3 nitrogen and oxygen atoms in total. The van der Waals surface area contributed by atoms with E-state index in [4.69, 9.17) is 28.3 Å². The fourth-order valence-corrected chi connectivity index (χ4v) is 1.75. The SMILES string of the molecule is CN(C)c1ccc(/C=C/C(=O)O)c(Cl)c1Cl. The van der Waals surface area contributed by atoms with Crippen molar-refractivity contribution in [2.24, 2.45) is 0 Å². The van der Waals surface area contributed by atoms with Gasteiger partial charge in [0.2, 0.25) is 0 Å². The Morgan fingerprint density at radius 1 is 1.31 bits per heavy atom. The first-order valence-electron chi connectivity index (χ1n) is 4.50. The van der Waals surface area contributed by atoms with E-state index in [1.165, 1.54) is 6.08 Å². The van der Waals surface area contributed by atoms with Gasteiger partial charge in [-0.2, -0.15) is 0 Å². The monoisotopic (exact) mass is 259 g/mol. The number of benzene rings is 1. The van der Waals surface area contributed by atoms with E-state index in [0.717, 1.165) is 11.8 Å². The summed E-state index contributed by atoms with van der Waals surface area (Å²) in [6, 6.07) is 3.51. The van der Waals surface area contributed by atoms with Crippen LogP contribution < -0.4 is 4.90 Å². The zero-order valence-electron chi connectivity index (χ0n) is 8.87. The third-order valence-electron chi connectivity index (χ3n) is 1.98. The molecule has 0 spiro atoms. The molecule has 0 bridgehead atoms. The first-order valence-corrected chi connectivity index (χ1v) is 5.25. The van der Waals surface area contributed by atoms with Crippen LogP contribution in [0.2, 0.25) is 10.0 Å². The fourth-order valence-electron chi connectivity index (χ4n) is 1.19. The van der Waals surface area contributed by atoms with Crippen LogP contribution >= 0.6 is 23.2 Å². The smallest absolute Gasteiger partial charge is 0.328 e. The van der Waals surface area contributed by atoms with Crippen molar-refractivity contribution >= 4 is 40.9 Å². The van der Waals surface area contributed by atoms with E-state index in [1.54, 1.807) is 12.1 Å². The van der Waals surface area contributed by atoms with Crippen LogP contribution in [0.25, 0.3) is 6.08 Å². The van der Waals surface area contributed by atoms with E-state index in [9.17, 15) is 4.79 Å². The Morgan fingerprint density at radius 3 is 2.44 bits per heavy atom. The minimum absolute atomic E-state index is 0.352. The second-order valence-corrected chi connectivity index (χ2v) is 4.12. The van der Waals surface area contributed by atoms with Crippen molar-refractivity contribution in [3.63, 3.8) is 0 Å². The van der Waals surface area contributed by atoms with Gasteiger partial charge in [0.25, 0.3) is 0 Å². The molecule has 0 saturated heterocycles. The van der Waals surface area contributed by atoms with Crippen LogP contribution in [0.15, 0.2) is 18.2 Å². The van der Waals surface area contributed by atoms with Crippen molar-refractivity contribution in [1.82, 2.24) is 0 Å². The highest BCUT2D eigenvalue weighted by molar-refractivity contribution is 6.44. The highest BCUT2D eigenvalue weighted by Gasteiger charge is 2.09. The molecule has 0 aliphatic rings. The maximum Gasteiger partial charge on any atom is 0.328 e. The van der Waals surface area contributed by atoms with Crippen molar-refractivity contribution in [2.45, 2.75) is 0 Å². The third kappa shape index (κ3) is 2.90. The molecule has 0 aromatic heterocycles. The van der Waals surface area contributed by atoms with Gasteiger partial charge in [-0.15, -0.1) is 0 Å². The van der Waals surface area contributed by atoms with Crippen molar-refractivity contribution in [3.8, 4) is 0 Å². The average Bonchev–Trinajstić information content (AvgIpc) is 2.19. The summed E-state index contributed by atoms with van der Waals surface area (Å²) in [6.45, 7) is 0. The molecule has 0 aliphatic heterocycles. The number of halogens is 2. The molecule has 0 unspecified atom stereocenters. The standard InChI is InChI=1S/C11H11Cl2NO2/c1-14(2)8-5-3-7(4-6-9(15)16)10(12)11(8)13/h3-6H,1-2H3,(H,15,16)/b6-4+. The van der Waals surface area contributed by atoms with Gasteiger partial charge in [0.1, 0.15) is 0 Å². The van der Waals surface area contributed by atoms with Crippen LogP contribution in [0.4, 0.5) is 5.69 Å². The van der Waals surface area contributed by atoms with Crippen LogP contribution in [-0.2, 0) is 4.79 Å². The topological polar surface area (TPSA) is 40.5 Å². The molecule has 0 radical (unpaired) electrons. The van der Waals surface area contributed by atoms with E-state index in [0.29, 0.717) is 15.6 Å². The van der Waals surface area contributed by atoms with E-state index in [1.807, 2.05) is 19.0 Å². The lowest BCUT2D eigenvalue weighted by Crippen LogP contribution is -2.09. The van der Waals surface area contributed by atoms with Gasteiger partial charge in [-0.3, -0.25) is 0 Å². The van der Waals surface area contributed by atoms with Gasteiger partial charge < -0.3 is 10.0 Å². The number of rotatable bonds is 3. The van der Waals surface area contributed by atoms with Gasteiger partial charge in [-0.05, 0) is 17.7 Å². The number of aliphatic carboxylic acids is 1. The lowest BCUT2D eigenvalue weighted by molar-refractivity contribution is -0.131. The van der Waals surface area contributed by atoms with Crippen LogP contribution in [0.3, 0.4) is 0 Å². The second kappa shape index (κ2) is 5.23. The molecule has 0 saturated carbocycles. The Morgan fingerprint density at radius 2 is 1.94 bits per heavy atom. The van der Waals surface area contributed by atoms with Crippen LogP contribution in [-0.4, -0.2) is 25.2 Å². The maximum absolute atomic E-state index is 10.4. The summed E-state index contributed by atoms with van der Waals surface area (Å²) in [5, 5.41) is 9.27. The third-order valence-corrected chi connectivity index (χ3v) is 2.87. The molecule has 0 heterocycles. The van der Waals surface area contributed by atoms with Crippen LogP contribution in [0.1, 0.15) is 5.56 Å². The van der Waals surface area contributed by atoms with Gasteiger partial charge in [0.05, 0.1) is 15.7 Å². The fraction of sp³-hybridized carbons (Fsp3) is 0.182. The zero-order valence-corrected chi connectivity index (χ0v) is 10.4. The number of carboxylic acid groups (broad SMARTS) is 1. The molecule has 0 amide bonds. The largest absolute Gasteiger partial charge is 0.478 e. The summed E-state index contributed by atoms with van der Waals surface area (Å²) >= 11 is 12.1. The van der Waals surface area contributed by atoms with E-state index >= 15 is 0 Å². The van der Waals surface area contributed by atoms with Gasteiger partial charge in [-0.25, -0.2) is 4.79 Å². The van der Waals surface area contributed by atoms with Crippen molar-refractivity contribution < 1.29 is 9.90 Å². The van der Waals surface area contributed by atoms with Gasteiger partial charge >= 0.3 is 5.97 Å². The number of hydrogen-bond acceptors (Lipinski definition) is 2. The zero-order chi connectivity index (χ0) is 12.3. The Balaban J connectivity index is 3.17. The predicted octanol–water partition coefficient (Wildman–Crippen LogP) is 3.16. The van der Waals surface area contributed by atoms with E-state index in [-0.39, 0.29) is 0 Å². The minimum Gasteiger partial charge on any atom is -0.478 e. The van der Waals surface area contributed by atoms with Gasteiger partial charge in [0, 0.05) is 20.2 Å². The average molecular weight is 260 g/mol. The molecule has 5 heteroatoms. The van der Waals surface area contributed by atoms with Gasteiger partial charge in [0.15, 0.2) is 0 Å². The summed E-state index contributed by atoms with van der Waals surface area (Å²) in [6.07, 6.45) is 2.43. The lowest BCUT2D eigenvalue weighted by Gasteiger charge is -2.15. The Labute approximate surface area is 104 Å². The Hall–Kier alpha value is -1.19. The molecule has 1 N–H and O–H groups in total.